The number of hydrogen-bond acceptors (Lipinski definition) is 4. The maximum atomic E-state index is 15.1. The summed E-state index contributed by atoms with van der Waals surface area (Å²) in [6.07, 6.45) is -5.05. The molecule has 3 aromatic rings. The molecule has 156 valence electrons. The van der Waals surface area contributed by atoms with E-state index in [1.54, 1.807) is 0 Å². The maximum Gasteiger partial charge on any atom is 0.416 e. The molecule has 2 heterocycles. The number of nitrogens with zero attached hydrogens (tertiary/aromatic N) is 4. The molecule has 0 N–H and O–H groups in total. The van der Waals surface area contributed by atoms with Crippen molar-refractivity contribution in [1.29, 1.82) is 0 Å². The van der Waals surface area contributed by atoms with E-state index >= 15 is 8.78 Å². The van der Waals surface area contributed by atoms with Crippen molar-refractivity contribution in [3.63, 3.8) is 0 Å². The monoisotopic (exact) mass is 428 g/mol. The molecular weight excluding hydrogens is 417 g/mol. The number of aliphatic imine (C=N–C) groups is 1. The van der Waals surface area contributed by atoms with E-state index in [2.05, 4.69) is 20.2 Å². The van der Waals surface area contributed by atoms with Crippen molar-refractivity contribution < 1.29 is 30.7 Å². The standard InChI is InChI=1S/C19H11F7N4/c1-17(2)18(22,23)12-8(4-3-5-9(12)19(24,25)26)14(28-17)16-27-11-7-6-10(20)13(21)15(11)29-30-16/h3-7H,1-2H3. The normalized spacial score (nSPS) is 17.6. The predicted octanol–water partition coefficient (Wildman–Crippen LogP) is 5.04. The van der Waals surface area contributed by atoms with Crippen LogP contribution in [0.3, 0.4) is 0 Å². The number of fused-ring (bicyclic) bond motifs is 2. The molecule has 4 rings (SSSR count). The van der Waals surface area contributed by atoms with E-state index in [0.29, 0.717) is 6.07 Å². The molecule has 4 nitrogen and oxygen atoms in total. The summed E-state index contributed by atoms with van der Waals surface area (Å²) in [6.45, 7) is 1.96. The van der Waals surface area contributed by atoms with Crippen molar-refractivity contribution >= 4 is 16.7 Å². The number of rotatable bonds is 1. The van der Waals surface area contributed by atoms with E-state index < -0.39 is 57.3 Å². The summed E-state index contributed by atoms with van der Waals surface area (Å²) >= 11 is 0. The van der Waals surface area contributed by atoms with Crippen LogP contribution in [0.2, 0.25) is 0 Å². The quantitative estimate of drug-likeness (QED) is 0.510. The Kier molecular flexibility index (Phi) is 4.16. The summed E-state index contributed by atoms with van der Waals surface area (Å²) < 4.78 is 97.8. The molecule has 0 fully saturated rings. The Labute approximate surface area is 164 Å². The van der Waals surface area contributed by atoms with E-state index in [1.165, 1.54) is 0 Å². The molecule has 1 aliphatic rings. The third kappa shape index (κ3) is 2.83. The molecule has 0 spiro atoms. The summed E-state index contributed by atoms with van der Waals surface area (Å²) in [5.41, 5.74) is -6.57. The summed E-state index contributed by atoms with van der Waals surface area (Å²) in [4.78, 5) is 7.88. The molecule has 0 amide bonds. The highest BCUT2D eigenvalue weighted by atomic mass is 19.4. The first-order valence-corrected chi connectivity index (χ1v) is 8.52. The molecule has 30 heavy (non-hydrogen) atoms. The summed E-state index contributed by atoms with van der Waals surface area (Å²) in [7, 11) is 0. The Morgan fingerprint density at radius 3 is 2.30 bits per heavy atom. The molecule has 0 unspecified atom stereocenters. The average molecular weight is 428 g/mol. The second kappa shape index (κ2) is 6.19. The first kappa shape index (κ1) is 20.2. The third-order valence-electron chi connectivity index (χ3n) is 4.83. The topological polar surface area (TPSA) is 51.0 Å². The highest BCUT2D eigenvalue weighted by Crippen LogP contribution is 2.50. The number of halogens is 7. The van der Waals surface area contributed by atoms with Gasteiger partial charge in [-0.3, -0.25) is 4.99 Å². The van der Waals surface area contributed by atoms with E-state index in [-0.39, 0.29) is 11.2 Å². The predicted molar refractivity (Wildman–Crippen MR) is 92.3 cm³/mol. The molecule has 2 aromatic carbocycles. The van der Waals surface area contributed by atoms with Gasteiger partial charge >= 0.3 is 6.18 Å². The van der Waals surface area contributed by atoms with Gasteiger partial charge in [-0.25, -0.2) is 13.8 Å². The summed E-state index contributed by atoms with van der Waals surface area (Å²) in [5, 5.41) is 7.14. The van der Waals surface area contributed by atoms with Crippen LogP contribution in [0, 0.1) is 11.6 Å². The lowest BCUT2D eigenvalue weighted by Crippen LogP contribution is -2.45. The van der Waals surface area contributed by atoms with Crippen LogP contribution in [-0.2, 0) is 12.1 Å². The molecule has 0 atom stereocenters. The molecule has 0 aliphatic carbocycles. The fourth-order valence-corrected chi connectivity index (χ4v) is 3.26. The van der Waals surface area contributed by atoms with Crippen LogP contribution >= 0.6 is 0 Å². The lowest BCUT2D eigenvalue weighted by atomic mass is 9.80. The van der Waals surface area contributed by atoms with Gasteiger partial charge in [0.2, 0.25) is 5.82 Å². The highest BCUT2D eigenvalue weighted by Gasteiger charge is 2.56. The SMILES string of the molecule is CC1(C)N=C(c2nnc3c(F)c(F)ccc3n2)c2cccc(C(F)(F)F)c2C1(F)F. The van der Waals surface area contributed by atoms with Crippen molar-refractivity contribution in [2.45, 2.75) is 31.5 Å². The van der Waals surface area contributed by atoms with Gasteiger partial charge in [0.25, 0.3) is 5.92 Å². The van der Waals surface area contributed by atoms with Crippen LogP contribution in [-0.4, -0.2) is 26.4 Å². The Bertz CT molecular complexity index is 1220. The Hall–Kier alpha value is -3.11. The zero-order valence-electron chi connectivity index (χ0n) is 15.3. The minimum Gasteiger partial charge on any atom is -0.268 e. The molecule has 11 heteroatoms. The van der Waals surface area contributed by atoms with Crippen LogP contribution in [0.1, 0.15) is 36.4 Å². The fraction of sp³-hybridized carbons (Fsp3) is 0.263. The molecule has 0 saturated carbocycles. The lowest BCUT2D eigenvalue weighted by Gasteiger charge is -2.38. The zero-order valence-corrected chi connectivity index (χ0v) is 15.3. The lowest BCUT2D eigenvalue weighted by molar-refractivity contribution is -0.145. The molecule has 0 saturated heterocycles. The van der Waals surface area contributed by atoms with Gasteiger partial charge in [-0.1, -0.05) is 12.1 Å². The van der Waals surface area contributed by atoms with E-state index in [9.17, 15) is 22.0 Å². The summed E-state index contributed by atoms with van der Waals surface area (Å²) in [5.74, 6) is -6.85. The third-order valence-corrected chi connectivity index (χ3v) is 4.83. The van der Waals surface area contributed by atoms with Crippen LogP contribution in [0.15, 0.2) is 35.3 Å². The van der Waals surface area contributed by atoms with Gasteiger partial charge in [-0.2, -0.15) is 22.0 Å². The van der Waals surface area contributed by atoms with Gasteiger partial charge in [0, 0.05) is 11.1 Å². The van der Waals surface area contributed by atoms with Crippen molar-refractivity contribution in [2.75, 3.05) is 0 Å². The van der Waals surface area contributed by atoms with Crippen LogP contribution in [0.25, 0.3) is 11.0 Å². The molecule has 0 bridgehead atoms. The molecule has 0 radical (unpaired) electrons. The Balaban J connectivity index is 2.02. The largest absolute Gasteiger partial charge is 0.416 e. The van der Waals surface area contributed by atoms with Crippen molar-refractivity contribution in [3.8, 4) is 0 Å². The molecule has 1 aliphatic heterocycles. The van der Waals surface area contributed by atoms with Crippen LogP contribution in [0.5, 0.6) is 0 Å². The first-order valence-electron chi connectivity index (χ1n) is 8.52. The average Bonchev–Trinajstić information content (AvgIpc) is 2.66. The van der Waals surface area contributed by atoms with E-state index in [4.69, 9.17) is 0 Å². The minimum absolute atomic E-state index is 0.162. The van der Waals surface area contributed by atoms with Gasteiger partial charge in [0.15, 0.2) is 17.2 Å². The van der Waals surface area contributed by atoms with E-state index in [1.807, 2.05) is 0 Å². The number of aromatic nitrogens is 3. The smallest absolute Gasteiger partial charge is 0.268 e. The van der Waals surface area contributed by atoms with Crippen LogP contribution in [0.4, 0.5) is 30.7 Å². The fourth-order valence-electron chi connectivity index (χ4n) is 3.26. The highest BCUT2D eigenvalue weighted by molar-refractivity contribution is 6.13. The number of alkyl halides is 5. The zero-order chi connectivity index (χ0) is 22.1. The second-order valence-corrected chi connectivity index (χ2v) is 7.18. The number of benzene rings is 2. The summed E-state index contributed by atoms with van der Waals surface area (Å²) in [6, 6.07) is 4.44. The number of hydrogen-bond donors (Lipinski definition) is 0. The Morgan fingerprint density at radius 2 is 1.63 bits per heavy atom. The first-order chi connectivity index (χ1) is 13.8. The molecular formula is C19H11F7N4. The van der Waals surface area contributed by atoms with Gasteiger partial charge in [-0.05, 0) is 32.0 Å². The maximum absolute atomic E-state index is 15.1. The molecule has 1 aromatic heterocycles. The van der Waals surface area contributed by atoms with Crippen molar-refractivity contribution in [1.82, 2.24) is 15.2 Å². The van der Waals surface area contributed by atoms with Gasteiger partial charge in [0.1, 0.15) is 11.3 Å². The minimum atomic E-state index is -5.05. The second-order valence-electron chi connectivity index (χ2n) is 7.18. The van der Waals surface area contributed by atoms with Gasteiger partial charge in [0.05, 0.1) is 11.1 Å². The van der Waals surface area contributed by atoms with Crippen molar-refractivity contribution in [3.05, 3.63) is 64.5 Å². The van der Waals surface area contributed by atoms with Gasteiger partial charge < -0.3 is 0 Å². The van der Waals surface area contributed by atoms with E-state index in [0.717, 1.165) is 38.1 Å². The van der Waals surface area contributed by atoms with Crippen molar-refractivity contribution in [2.24, 2.45) is 4.99 Å². The van der Waals surface area contributed by atoms with Gasteiger partial charge in [-0.15, -0.1) is 10.2 Å². The van der Waals surface area contributed by atoms with Crippen LogP contribution < -0.4 is 0 Å². The Morgan fingerprint density at radius 1 is 0.933 bits per heavy atom.